The van der Waals surface area contributed by atoms with Gasteiger partial charge >= 0.3 is 5.69 Å². The minimum atomic E-state index is -3.66. The lowest BCUT2D eigenvalue weighted by Gasteiger charge is -2.29. The molecule has 1 amide bonds. The van der Waals surface area contributed by atoms with Gasteiger partial charge in [-0.15, -0.1) is 13.2 Å². The zero-order valence-electron chi connectivity index (χ0n) is 16.2. The first-order valence-corrected chi connectivity index (χ1v) is 10.8. The summed E-state index contributed by atoms with van der Waals surface area (Å²) in [5, 5.41) is 7.84. The summed E-state index contributed by atoms with van der Waals surface area (Å²) in [5.41, 5.74) is -1.33. The Morgan fingerprint density at radius 2 is 1.83 bits per heavy atom. The van der Waals surface area contributed by atoms with Crippen LogP contribution in [0.15, 0.2) is 41.1 Å². The molecule has 2 heterocycles. The third-order valence-corrected chi connectivity index (χ3v) is 5.98. The van der Waals surface area contributed by atoms with Gasteiger partial charge in [-0.25, -0.2) is 9.93 Å². The second-order valence-electron chi connectivity index (χ2n) is 6.90. The Morgan fingerprint density at radius 3 is 2.38 bits per heavy atom. The third-order valence-electron chi connectivity index (χ3n) is 4.89. The van der Waals surface area contributed by atoms with Gasteiger partial charge < -0.3 is 5.32 Å². The molecule has 29 heavy (non-hydrogen) atoms. The molecule has 11 heteroatoms. The number of rotatable bonds is 9. The summed E-state index contributed by atoms with van der Waals surface area (Å²) in [6.45, 7) is 8.32. The van der Waals surface area contributed by atoms with E-state index in [0.29, 0.717) is 38.9 Å². The first-order valence-electron chi connectivity index (χ1n) is 9.31. The van der Waals surface area contributed by atoms with Crippen LogP contribution in [0.25, 0.3) is 0 Å². The summed E-state index contributed by atoms with van der Waals surface area (Å²) in [6.07, 6.45) is 6.12. The molecule has 1 aromatic rings. The fraction of sp³-hybridized carbons (Fsp3) is 0.500. The van der Waals surface area contributed by atoms with E-state index in [1.807, 2.05) is 0 Å². The van der Waals surface area contributed by atoms with Crippen LogP contribution in [-0.4, -0.2) is 47.4 Å². The molecule has 1 saturated heterocycles. The second-order valence-corrected chi connectivity index (χ2v) is 8.45. The number of nitrogens with two attached hydrogens (primary N) is 1. The van der Waals surface area contributed by atoms with Crippen LogP contribution in [-0.2, 0) is 23.3 Å². The van der Waals surface area contributed by atoms with E-state index in [1.54, 1.807) is 0 Å². The van der Waals surface area contributed by atoms with Crippen LogP contribution >= 0.6 is 0 Å². The molecular formula is C18H27N5O5S. The standard InChI is InChI=1S/C18H27N5O5S/c1-3-9-21-13-15(17(25)23(10-4-2)18(21)26)16(24)20-8-5-14-6-11-22(12-7-14)29(19,27)28/h3-4,13-14H,1-2,5-12H2,(H,20,24)(H2,19,27,28). The highest BCUT2D eigenvalue weighted by molar-refractivity contribution is 7.86. The van der Waals surface area contributed by atoms with E-state index in [-0.39, 0.29) is 24.6 Å². The number of amides is 1. The van der Waals surface area contributed by atoms with Crippen molar-refractivity contribution < 1.29 is 13.2 Å². The van der Waals surface area contributed by atoms with Gasteiger partial charge in [-0.3, -0.25) is 18.7 Å². The summed E-state index contributed by atoms with van der Waals surface area (Å²) in [6, 6.07) is 0. The maximum absolute atomic E-state index is 12.5. The highest BCUT2D eigenvalue weighted by Crippen LogP contribution is 2.20. The van der Waals surface area contributed by atoms with Crippen molar-refractivity contribution >= 4 is 16.1 Å². The number of nitrogens with zero attached hydrogens (tertiary/aromatic N) is 3. The molecule has 0 saturated carbocycles. The van der Waals surface area contributed by atoms with Gasteiger partial charge in [0.1, 0.15) is 5.56 Å². The van der Waals surface area contributed by atoms with Crippen LogP contribution in [0.3, 0.4) is 0 Å². The normalized spacial score (nSPS) is 15.8. The van der Waals surface area contributed by atoms with Crippen LogP contribution < -0.4 is 21.7 Å². The predicted molar refractivity (Wildman–Crippen MR) is 110 cm³/mol. The zero-order chi connectivity index (χ0) is 21.6. The molecule has 0 atom stereocenters. The van der Waals surface area contributed by atoms with Crippen LogP contribution in [0.4, 0.5) is 0 Å². The van der Waals surface area contributed by atoms with Gasteiger partial charge in [0.05, 0.1) is 0 Å². The Kier molecular flexibility index (Phi) is 7.71. The topological polar surface area (TPSA) is 136 Å². The molecule has 3 N–H and O–H groups in total. The molecule has 0 radical (unpaired) electrons. The molecule has 1 fully saturated rings. The van der Waals surface area contributed by atoms with E-state index < -0.39 is 27.4 Å². The second kappa shape index (κ2) is 9.81. The van der Waals surface area contributed by atoms with Crippen molar-refractivity contribution in [3.8, 4) is 0 Å². The number of allylic oxidation sites excluding steroid dienone is 2. The van der Waals surface area contributed by atoms with Crippen molar-refractivity contribution in [3.05, 3.63) is 57.9 Å². The van der Waals surface area contributed by atoms with Crippen molar-refractivity contribution in [2.24, 2.45) is 11.1 Å². The fourth-order valence-electron chi connectivity index (χ4n) is 3.31. The van der Waals surface area contributed by atoms with Crippen molar-refractivity contribution in [2.45, 2.75) is 32.4 Å². The Hall–Kier alpha value is -2.50. The number of carbonyl (C=O) groups is 1. The minimum absolute atomic E-state index is 0.00143. The summed E-state index contributed by atoms with van der Waals surface area (Å²) >= 11 is 0. The lowest BCUT2D eigenvalue weighted by atomic mass is 9.95. The van der Waals surface area contributed by atoms with E-state index in [1.165, 1.54) is 27.2 Å². The van der Waals surface area contributed by atoms with Gasteiger partial charge in [0, 0.05) is 38.9 Å². The number of carbonyl (C=O) groups excluding carboxylic acids is 1. The molecule has 160 valence electrons. The first kappa shape index (κ1) is 22.8. The predicted octanol–water partition coefficient (Wildman–Crippen LogP) is -0.583. The number of nitrogens with one attached hydrogen (secondary N) is 1. The van der Waals surface area contributed by atoms with Gasteiger partial charge in [-0.2, -0.15) is 12.7 Å². The third kappa shape index (κ3) is 5.75. The number of piperidine rings is 1. The Balaban J connectivity index is 2.02. The molecular weight excluding hydrogens is 398 g/mol. The highest BCUT2D eigenvalue weighted by Gasteiger charge is 2.25. The molecule has 1 aliphatic heterocycles. The van der Waals surface area contributed by atoms with Crippen LogP contribution in [0.1, 0.15) is 29.6 Å². The quantitative estimate of drug-likeness (QED) is 0.510. The molecule has 0 aliphatic carbocycles. The van der Waals surface area contributed by atoms with E-state index in [4.69, 9.17) is 5.14 Å². The molecule has 0 bridgehead atoms. The molecule has 0 aromatic carbocycles. The van der Waals surface area contributed by atoms with Crippen molar-refractivity contribution in [1.82, 2.24) is 18.8 Å². The van der Waals surface area contributed by atoms with E-state index in [0.717, 1.165) is 4.57 Å². The lowest BCUT2D eigenvalue weighted by Crippen LogP contribution is -2.44. The largest absolute Gasteiger partial charge is 0.352 e. The molecule has 10 nitrogen and oxygen atoms in total. The van der Waals surface area contributed by atoms with Crippen LogP contribution in [0, 0.1) is 5.92 Å². The van der Waals surface area contributed by atoms with Gasteiger partial charge in [0.15, 0.2) is 0 Å². The monoisotopic (exact) mass is 425 g/mol. The van der Waals surface area contributed by atoms with E-state index >= 15 is 0 Å². The fourth-order valence-corrected chi connectivity index (χ4v) is 4.03. The summed E-state index contributed by atoms with van der Waals surface area (Å²) in [4.78, 5) is 37.3. The molecule has 0 spiro atoms. The minimum Gasteiger partial charge on any atom is -0.352 e. The van der Waals surface area contributed by atoms with Crippen LogP contribution in [0.5, 0.6) is 0 Å². The smallest absolute Gasteiger partial charge is 0.331 e. The molecule has 0 unspecified atom stereocenters. The van der Waals surface area contributed by atoms with Gasteiger partial charge in [-0.05, 0) is 25.2 Å². The SMILES string of the molecule is C=CCn1cc(C(=O)NCCC2CCN(S(N)(=O)=O)CC2)c(=O)n(CC=C)c1=O. The maximum atomic E-state index is 12.5. The summed E-state index contributed by atoms with van der Waals surface area (Å²) < 4.78 is 26.1. The summed E-state index contributed by atoms with van der Waals surface area (Å²) in [5.74, 6) is -0.312. The highest BCUT2D eigenvalue weighted by atomic mass is 32.2. The lowest BCUT2D eigenvalue weighted by molar-refractivity contribution is 0.0946. The average molecular weight is 426 g/mol. The van der Waals surface area contributed by atoms with E-state index in [9.17, 15) is 22.8 Å². The molecule has 2 rings (SSSR count). The Morgan fingerprint density at radius 1 is 1.21 bits per heavy atom. The van der Waals surface area contributed by atoms with Crippen molar-refractivity contribution in [3.63, 3.8) is 0 Å². The van der Waals surface area contributed by atoms with Crippen LogP contribution in [0.2, 0.25) is 0 Å². The Labute approximate surface area is 169 Å². The summed E-state index contributed by atoms with van der Waals surface area (Å²) in [7, 11) is -3.66. The number of hydrogen-bond acceptors (Lipinski definition) is 5. The van der Waals surface area contributed by atoms with Gasteiger partial charge in [0.25, 0.3) is 21.7 Å². The number of hydrogen-bond donors (Lipinski definition) is 2. The van der Waals surface area contributed by atoms with Gasteiger partial charge in [0.2, 0.25) is 0 Å². The maximum Gasteiger partial charge on any atom is 0.331 e. The molecule has 1 aromatic heterocycles. The van der Waals surface area contributed by atoms with Crippen molar-refractivity contribution in [1.29, 1.82) is 0 Å². The van der Waals surface area contributed by atoms with E-state index in [2.05, 4.69) is 18.5 Å². The van der Waals surface area contributed by atoms with Gasteiger partial charge in [-0.1, -0.05) is 12.2 Å². The first-order chi connectivity index (χ1) is 13.7. The number of aromatic nitrogens is 2. The Bertz CT molecular complexity index is 987. The molecule has 1 aliphatic rings. The van der Waals surface area contributed by atoms with Crippen molar-refractivity contribution in [2.75, 3.05) is 19.6 Å². The zero-order valence-corrected chi connectivity index (χ0v) is 17.1. The average Bonchev–Trinajstić information content (AvgIpc) is 2.67.